The fraction of sp³-hybridized carbons (Fsp3) is 0.0476. The summed E-state index contributed by atoms with van der Waals surface area (Å²) in [6.07, 6.45) is 8.99. The van der Waals surface area contributed by atoms with E-state index in [0.29, 0.717) is 12.1 Å². The maximum Gasteiger partial charge on any atom is 0.253 e. The number of carbonyl (C=O) groups is 1. The van der Waals surface area contributed by atoms with E-state index >= 15 is 0 Å². The topological polar surface area (TPSA) is 62.7 Å². The molecule has 1 amide bonds. The van der Waals surface area contributed by atoms with Crippen LogP contribution < -0.4 is 5.32 Å². The summed E-state index contributed by atoms with van der Waals surface area (Å²) < 4.78 is 1.94. The van der Waals surface area contributed by atoms with E-state index in [-0.39, 0.29) is 5.91 Å². The molecule has 0 aliphatic rings. The lowest BCUT2D eigenvalue weighted by Gasteiger charge is -2.08. The Morgan fingerprint density at radius 3 is 2.58 bits per heavy atom. The van der Waals surface area contributed by atoms with Crippen molar-refractivity contribution in [3.05, 3.63) is 96.8 Å². The molecule has 2 aromatic carbocycles. The fourth-order valence-corrected chi connectivity index (χ4v) is 2.88. The average molecular weight is 342 g/mol. The summed E-state index contributed by atoms with van der Waals surface area (Å²) in [6, 6.07) is 17.9. The SMILES string of the molecule is O=C(NCc1ccc(-n2ccnc2)cc1)c1c[nH]cc1-c1ccccc1. The van der Waals surface area contributed by atoms with Gasteiger partial charge in [0, 0.05) is 42.6 Å². The van der Waals surface area contributed by atoms with Gasteiger partial charge in [0.15, 0.2) is 0 Å². The number of amides is 1. The highest BCUT2D eigenvalue weighted by molar-refractivity contribution is 6.00. The fourth-order valence-electron chi connectivity index (χ4n) is 2.88. The molecule has 5 nitrogen and oxygen atoms in total. The highest BCUT2D eigenvalue weighted by Gasteiger charge is 2.13. The van der Waals surface area contributed by atoms with Crippen molar-refractivity contribution in [2.75, 3.05) is 0 Å². The van der Waals surface area contributed by atoms with Crippen LogP contribution in [0.1, 0.15) is 15.9 Å². The summed E-state index contributed by atoms with van der Waals surface area (Å²) in [5.41, 5.74) is 4.64. The van der Waals surface area contributed by atoms with Crippen LogP contribution in [-0.2, 0) is 6.54 Å². The Kier molecular flexibility index (Phi) is 4.35. The van der Waals surface area contributed by atoms with Gasteiger partial charge in [-0.3, -0.25) is 4.79 Å². The summed E-state index contributed by atoms with van der Waals surface area (Å²) >= 11 is 0. The monoisotopic (exact) mass is 342 g/mol. The van der Waals surface area contributed by atoms with Gasteiger partial charge >= 0.3 is 0 Å². The Balaban J connectivity index is 1.44. The van der Waals surface area contributed by atoms with Crippen molar-refractivity contribution >= 4 is 5.91 Å². The molecule has 26 heavy (non-hydrogen) atoms. The molecule has 5 heteroatoms. The minimum Gasteiger partial charge on any atom is -0.366 e. The molecule has 0 unspecified atom stereocenters. The molecule has 128 valence electrons. The number of nitrogens with one attached hydrogen (secondary N) is 2. The Labute approximate surface area is 151 Å². The van der Waals surface area contributed by atoms with Crippen LogP contribution in [0.3, 0.4) is 0 Å². The summed E-state index contributed by atoms with van der Waals surface area (Å²) in [7, 11) is 0. The molecule has 2 heterocycles. The van der Waals surface area contributed by atoms with Gasteiger partial charge in [0.25, 0.3) is 5.91 Å². The summed E-state index contributed by atoms with van der Waals surface area (Å²) in [6.45, 7) is 0.475. The molecule has 0 atom stereocenters. The van der Waals surface area contributed by atoms with E-state index in [1.54, 1.807) is 18.7 Å². The molecule has 2 N–H and O–H groups in total. The van der Waals surface area contributed by atoms with Crippen molar-refractivity contribution in [1.29, 1.82) is 0 Å². The molecule has 0 bridgehead atoms. The number of H-pyrrole nitrogens is 1. The zero-order valence-electron chi connectivity index (χ0n) is 14.1. The van der Waals surface area contributed by atoms with Crippen LogP contribution in [0.2, 0.25) is 0 Å². The van der Waals surface area contributed by atoms with Gasteiger partial charge in [0.2, 0.25) is 0 Å². The first kappa shape index (κ1) is 15.9. The molecule has 0 spiro atoms. The molecule has 0 radical (unpaired) electrons. The van der Waals surface area contributed by atoms with Gasteiger partial charge in [-0.15, -0.1) is 0 Å². The molecule has 0 aliphatic heterocycles. The Bertz CT molecular complexity index is 986. The molecule has 0 saturated heterocycles. The van der Waals surface area contributed by atoms with Gasteiger partial charge in [0.1, 0.15) is 0 Å². The van der Waals surface area contributed by atoms with E-state index in [2.05, 4.69) is 15.3 Å². The van der Waals surface area contributed by atoms with E-state index in [0.717, 1.165) is 22.4 Å². The minimum absolute atomic E-state index is 0.0937. The zero-order chi connectivity index (χ0) is 17.8. The summed E-state index contributed by atoms with van der Waals surface area (Å²) in [4.78, 5) is 19.7. The number of imidazole rings is 1. The summed E-state index contributed by atoms with van der Waals surface area (Å²) in [5, 5.41) is 2.99. The number of carbonyl (C=O) groups excluding carboxylic acids is 1. The molecule has 0 aliphatic carbocycles. The first-order valence-electron chi connectivity index (χ1n) is 8.39. The van der Waals surface area contributed by atoms with E-state index in [1.807, 2.05) is 71.6 Å². The molecular formula is C21H18N4O. The lowest BCUT2D eigenvalue weighted by atomic mass is 10.0. The van der Waals surface area contributed by atoms with Crippen molar-refractivity contribution in [2.45, 2.75) is 6.54 Å². The van der Waals surface area contributed by atoms with E-state index in [9.17, 15) is 4.79 Å². The molecule has 0 saturated carbocycles. The third-order valence-corrected chi connectivity index (χ3v) is 4.27. The largest absolute Gasteiger partial charge is 0.366 e. The number of benzene rings is 2. The van der Waals surface area contributed by atoms with Crippen molar-refractivity contribution in [2.24, 2.45) is 0 Å². The van der Waals surface area contributed by atoms with Crippen molar-refractivity contribution in [3.8, 4) is 16.8 Å². The summed E-state index contributed by atoms with van der Waals surface area (Å²) in [5.74, 6) is -0.0937. The van der Waals surface area contributed by atoms with Crippen LogP contribution in [0.5, 0.6) is 0 Å². The van der Waals surface area contributed by atoms with Crippen LogP contribution in [0, 0.1) is 0 Å². The van der Waals surface area contributed by atoms with Crippen LogP contribution in [-0.4, -0.2) is 20.4 Å². The lowest BCUT2D eigenvalue weighted by molar-refractivity contribution is 0.0951. The normalized spacial score (nSPS) is 10.6. The second-order valence-corrected chi connectivity index (χ2v) is 5.97. The standard InChI is InChI=1S/C21H18N4O/c26-21(20-14-23-13-19(20)17-4-2-1-3-5-17)24-12-16-6-8-18(9-7-16)25-11-10-22-15-25/h1-11,13-15,23H,12H2,(H,24,26). The minimum atomic E-state index is -0.0937. The Hall–Kier alpha value is -3.60. The van der Waals surface area contributed by atoms with Crippen molar-refractivity contribution in [3.63, 3.8) is 0 Å². The molecule has 4 rings (SSSR count). The number of aromatic amines is 1. The molecule has 4 aromatic rings. The second kappa shape index (κ2) is 7.11. The van der Waals surface area contributed by atoms with Gasteiger partial charge in [0.05, 0.1) is 11.9 Å². The third-order valence-electron chi connectivity index (χ3n) is 4.27. The smallest absolute Gasteiger partial charge is 0.253 e. The van der Waals surface area contributed by atoms with Crippen LogP contribution in [0.4, 0.5) is 0 Å². The van der Waals surface area contributed by atoms with Gasteiger partial charge in [-0.1, -0.05) is 42.5 Å². The predicted octanol–water partition coefficient (Wildman–Crippen LogP) is 3.80. The highest BCUT2D eigenvalue weighted by Crippen LogP contribution is 2.23. The Morgan fingerprint density at radius 1 is 1.04 bits per heavy atom. The number of nitrogens with zero attached hydrogens (tertiary/aromatic N) is 2. The van der Waals surface area contributed by atoms with E-state index in [4.69, 9.17) is 0 Å². The van der Waals surface area contributed by atoms with Gasteiger partial charge in [-0.25, -0.2) is 4.98 Å². The van der Waals surface area contributed by atoms with Gasteiger partial charge < -0.3 is 14.9 Å². The highest BCUT2D eigenvalue weighted by atomic mass is 16.1. The second-order valence-electron chi connectivity index (χ2n) is 5.97. The third kappa shape index (κ3) is 3.28. The number of rotatable bonds is 5. The van der Waals surface area contributed by atoms with Crippen LogP contribution in [0.25, 0.3) is 16.8 Å². The zero-order valence-corrected chi connectivity index (χ0v) is 14.1. The van der Waals surface area contributed by atoms with Crippen molar-refractivity contribution in [1.82, 2.24) is 19.9 Å². The average Bonchev–Trinajstić information content (AvgIpc) is 3.39. The maximum atomic E-state index is 12.6. The number of hydrogen-bond donors (Lipinski definition) is 2. The molecule has 2 aromatic heterocycles. The van der Waals surface area contributed by atoms with E-state index in [1.165, 1.54) is 0 Å². The van der Waals surface area contributed by atoms with Crippen LogP contribution >= 0.6 is 0 Å². The van der Waals surface area contributed by atoms with E-state index < -0.39 is 0 Å². The first-order chi connectivity index (χ1) is 12.8. The van der Waals surface area contributed by atoms with Crippen molar-refractivity contribution < 1.29 is 4.79 Å². The maximum absolute atomic E-state index is 12.6. The first-order valence-corrected chi connectivity index (χ1v) is 8.39. The van der Waals surface area contributed by atoms with Gasteiger partial charge in [-0.2, -0.15) is 0 Å². The van der Waals surface area contributed by atoms with Gasteiger partial charge in [-0.05, 0) is 23.3 Å². The van der Waals surface area contributed by atoms with Crippen LogP contribution in [0.15, 0.2) is 85.7 Å². The number of aromatic nitrogens is 3. The number of hydrogen-bond acceptors (Lipinski definition) is 2. The molecule has 0 fully saturated rings. The molecular weight excluding hydrogens is 324 g/mol. The predicted molar refractivity (Wildman–Crippen MR) is 101 cm³/mol. The lowest BCUT2D eigenvalue weighted by Crippen LogP contribution is -2.22. The quantitative estimate of drug-likeness (QED) is 0.579. The Morgan fingerprint density at radius 2 is 1.85 bits per heavy atom.